The molecule has 0 saturated carbocycles. The molecule has 1 aliphatic rings. The molecule has 1 aromatic carbocycles. The van der Waals surface area contributed by atoms with Crippen LogP contribution in [-0.2, 0) is 4.74 Å². The molecular weight excluding hydrogens is 407 g/mol. The second kappa shape index (κ2) is 7.00. The molecule has 1 atom stereocenters. The van der Waals surface area contributed by atoms with Gasteiger partial charge in [-0.2, -0.15) is 0 Å². The Morgan fingerprint density at radius 1 is 1.43 bits per heavy atom. The van der Waals surface area contributed by atoms with Crippen LogP contribution in [0.25, 0.3) is 10.9 Å². The average Bonchev–Trinajstić information content (AvgIpc) is 2.56. The Kier molecular flexibility index (Phi) is 5.01. The standard InChI is InChI=1S/C17H19IN2O3/c1-2-23-17(22)13-9-20-15-7-11(10-4-3-5-19-8-10)14(18)6-12(15)16(13)21/h6-7,9-10,19H,2-5,8H2,1H3,(H,20,21). The largest absolute Gasteiger partial charge is 0.462 e. The van der Waals surface area contributed by atoms with Gasteiger partial charge in [0.15, 0.2) is 0 Å². The first-order valence-electron chi connectivity index (χ1n) is 7.84. The summed E-state index contributed by atoms with van der Waals surface area (Å²) in [6, 6.07) is 3.92. The van der Waals surface area contributed by atoms with E-state index >= 15 is 0 Å². The summed E-state index contributed by atoms with van der Waals surface area (Å²) in [4.78, 5) is 27.5. The normalized spacial score (nSPS) is 18.1. The number of nitrogens with one attached hydrogen (secondary N) is 2. The third-order valence-electron chi connectivity index (χ3n) is 4.23. The van der Waals surface area contributed by atoms with Crippen LogP contribution in [0, 0.1) is 3.57 Å². The fourth-order valence-corrected chi connectivity index (χ4v) is 3.96. The molecule has 122 valence electrons. The van der Waals surface area contributed by atoms with Crippen molar-refractivity contribution in [3.05, 3.63) is 43.2 Å². The molecule has 2 aromatic rings. The predicted molar refractivity (Wildman–Crippen MR) is 98.1 cm³/mol. The molecule has 0 amide bonds. The SMILES string of the molecule is CCOC(=O)c1c[nH]c2cc(C3CCCNC3)c(I)cc2c1=O. The van der Waals surface area contributed by atoms with Gasteiger partial charge in [-0.1, -0.05) is 0 Å². The van der Waals surface area contributed by atoms with Gasteiger partial charge < -0.3 is 15.0 Å². The minimum absolute atomic E-state index is 0.0576. The topological polar surface area (TPSA) is 71.2 Å². The molecular formula is C17H19IN2O3. The lowest BCUT2D eigenvalue weighted by Crippen LogP contribution is -2.28. The molecule has 0 radical (unpaired) electrons. The molecule has 6 heteroatoms. The first-order chi connectivity index (χ1) is 11.1. The summed E-state index contributed by atoms with van der Waals surface area (Å²) in [6.07, 6.45) is 3.77. The number of aromatic amines is 1. The van der Waals surface area contributed by atoms with E-state index in [2.05, 4.69) is 32.9 Å². The van der Waals surface area contributed by atoms with Crippen molar-refractivity contribution >= 4 is 39.5 Å². The maximum atomic E-state index is 12.5. The van der Waals surface area contributed by atoms with Crippen LogP contribution >= 0.6 is 22.6 Å². The Balaban J connectivity index is 2.06. The number of hydrogen-bond donors (Lipinski definition) is 2. The summed E-state index contributed by atoms with van der Waals surface area (Å²) in [5, 5.41) is 3.96. The highest BCUT2D eigenvalue weighted by molar-refractivity contribution is 14.1. The van der Waals surface area contributed by atoms with Crippen molar-refractivity contribution in [3.63, 3.8) is 0 Å². The third kappa shape index (κ3) is 3.28. The molecule has 0 spiro atoms. The molecule has 0 aliphatic carbocycles. The summed E-state index contributed by atoms with van der Waals surface area (Å²) in [5.41, 5.74) is 1.81. The monoisotopic (exact) mass is 426 g/mol. The van der Waals surface area contributed by atoms with Gasteiger partial charge in [0.05, 0.1) is 6.61 Å². The van der Waals surface area contributed by atoms with Crippen LogP contribution in [0.1, 0.15) is 41.6 Å². The van der Waals surface area contributed by atoms with Crippen LogP contribution < -0.4 is 10.7 Å². The molecule has 2 N–H and O–H groups in total. The first kappa shape index (κ1) is 16.4. The quantitative estimate of drug-likeness (QED) is 0.585. The minimum Gasteiger partial charge on any atom is -0.462 e. The molecule has 1 fully saturated rings. The van der Waals surface area contributed by atoms with Crippen molar-refractivity contribution in [1.82, 2.24) is 10.3 Å². The number of carbonyl (C=O) groups excluding carboxylic acids is 1. The maximum absolute atomic E-state index is 12.5. The first-order valence-corrected chi connectivity index (χ1v) is 8.92. The van der Waals surface area contributed by atoms with Crippen LogP contribution in [0.15, 0.2) is 23.1 Å². The van der Waals surface area contributed by atoms with Gasteiger partial charge in [-0.05, 0) is 72.5 Å². The number of aromatic nitrogens is 1. The Hall–Kier alpha value is -1.41. The molecule has 5 nitrogen and oxygen atoms in total. The molecule has 0 bridgehead atoms. The van der Waals surface area contributed by atoms with E-state index in [-0.39, 0.29) is 17.6 Å². The lowest BCUT2D eigenvalue weighted by atomic mass is 9.91. The van der Waals surface area contributed by atoms with Crippen LogP contribution in [0.3, 0.4) is 0 Å². The van der Waals surface area contributed by atoms with Crippen LogP contribution in [0.5, 0.6) is 0 Å². The Bertz CT molecular complexity index is 794. The maximum Gasteiger partial charge on any atom is 0.343 e. The fourth-order valence-electron chi connectivity index (χ4n) is 3.05. The predicted octanol–water partition coefficient (Wildman–Crippen LogP) is 2.78. The molecule has 23 heavy (non-hydrogen) atoms. The van der Waals surface area contributed by atoms with Crippen LogP contribution in [-0.4, -0.2) is 30.6 Å². The van der Waals surface area contributed by atoms with Crippen LogP contribution in [0.4, 0.5) is 0 Å². The fraction of sp³-hybridized carbons (Fsp3) is 0.412. The van der Waals surface area contributed by atoms with E-state index in [1.165, 1.54) is 11.8 Å². The van der Waals surface area contributed by atoms with Crippen molar-refractivity contribution in [3.8, 4) is 0 Å². The van der Waals surface area contributed by atoms with Gasteiger partial charge in [0.1, 0.15) is 5.56 Å². The van der Waals surface area contributed by atoms with E-state index in [1.54, 1.807) is 6.92 Å². The van der Waals surface area contributed by atoms with E-state index in [0.29, 0.717) is 11.3 Å². The molecule has 1 aliphatic heterocycles. The molecule has 1 aromatic heterocycles. The van der Waals surface area contributed by atoms with E-state index < -0.39 is 5.97 Å². The van der Waals surface area contributed by atoms with Crippen molar-refractivity contribution in [2.75, 3.05) is 19.7 Å². The molecule has 3 rings (SSSR count). The number of halogens is 1. The summed E-state index contributed by atoms with van der Waals surface area (Å²) in [7, 11) is 0. The number of hydrogen-bond acceptors (Lipinski definition) is 4. The summed E-state index contributed by atoms with van der Waals surface area (Å²) in [6.45, 7) is 4.01. The summed E-state index contributed by atoms with van der Waals surface area (Å²) < 4.78 is 6.00. The lowest BCUT2D eigenvalue weighted by molar-refractivity contribution is 0.0524. The van der Waals surface area contributed by atoms with E-state index in [1.807, 2.05) is 12.1 Å². The molecule has 1 saturated heterocycles. The zero-order valence-electron chi connectivity index (χ0n) is 12.9. The zero-order chi connectivity index (χ0) is 16.4. The number of carbonyl (C=O) groups is 1. The van der Waals surface area contributed by atoms with Gasteiger partial charge >= 0.3 is 5.97 Å². The third-order valence-corrected chi connectivity index (χ3v) is 5.16. The number of piperidine rings is 1. The number of rotatable bonds is 3. The minimum atomic E-state index is -0.578. The van der Waals surface area contributed by atoms with Gasteiger partial charge in [-0.15, -0.1) is 0 Å². The van der Waals surface area contributed by atoms with Crippen molar-refractivity contribution in [2.24, 2.45) is 0 Å². The number of H-pyrrole nitrogens is 1. The average molecular weight is 426 g/mol. The van der Waals surface area contributed by atoms with Gasteiger partial charge in [-0.3, -0.25) is 4.79 Å². The van der Waals surface area contributed by atoms with Gasteiger partial charge in [0.2, 0.25) is 5.43 Å². The number of esters is 1. The van der Waals surface area contributed by atoms with E-state index in [4.69, 9.17) is 4.74 Å². The number of pyridine rings is 1. The number of ether oxygens (including phenoxy) is 1. The Morgan fingerprint density at radius 2 is 2.26 bits per heavy atom. The van der Waals surface area contributed by atoms with Gasteiger partial charge in [0, 0.05) is 27.2 Å². The van der Waals surface area contributed by atoms with Crippen molar-refractivity contribution in [1.29, 1.82) is 0 Å². The Morgan fingerprint density at radius 3 is 2.96 bits per heavy atom. The van der Waals surface area contributed by atoms with E-state index in [9.17, 15) is 9.59 Å². The van der Waals surface area contributed by atoms with Crippen molar-refractivity contribution in [2.45, 2.75) is 25.7 Å². The Labute approximate surface area is 147 Å². The summed E-state index contributed by atoms with van der Waals surface area (Å²) in [5.74, 6) is -0.112. The second-order valence-corrected chi connectivity index (χ2v) is 6.88. The van der Waals surface area contributed by atoms with Crippen LogP contribution in [0.2, 0.25) is 0 Å². The van der Waals surface area contributed by atoms with Gasteiger partial charge in [0.25, 0.3) is 0 Å². The smallest absolute Gasteiger partial charge is 0.343 e. The number of fused-ring (bicyclic) bond motifs is 1. The lowest BCUT2D eigenvalue weighted by Gasteiger charge is -2.24. The highest BCUT2D eigenvalue weighted by Crippen LogP contribution is 2.29. The number of benzene rings is 1. The van der Waals surface area contributed by atoms with Gasteiger partial charge in [-0.25, -0.2) is 4.79 Å². The summed E-state index contributed by atoms with van der Waals surface area (Å²) >= 11 is 2.28. The highest BCUT2D eigenvalue weighted by atomic mass is 127. The van der Waals surface area contributed by atoms with E-state index in [0.717, 1.165) is 35.0 Å². The molecule has 2 heterocycles. The van der Waals surface area contributed by atoms with Crippen molar-refractivity contribution < 1.29 is 9.53 Å². The highest BCUT2D eigenvalue weighted by Gasteiger charge is 2.20. The second-order valence-electron chi connectivity index (χ2n) is 5.71. The zero-order valence-corrected chi connectivity index (χ0v) is 15.1. The molecule has 1 unspecified atom stereocenters.